The van der Waals surface area contributed by atoms with Crippen molar-refractivity contribution < 1.29 is 13.4 Å². The van der Waals surface area contributed by atoms with Crippen molar-refractivity contribution in [2.24, 2.45) is 0 Å². The number of nitrogens with zero attached hydrogens (tertiary/aromatic N) is 2. The first kappa shape index (κ1) is 21.0. The Labute approximate surface area is 187 Å². The van der Waals surface area contributed by atoms with Gasteiger partial charge in [0.25, 0.3) is 5.91 Å². The lowest BCUT2D eigenvalue weighted by molar-refractivity contribution is 0.0713. The smallest absolute Gasteiger partial charge is 0.289 e. The second kappa shape index (κ2) is 9.25. The fraction of sp³-hybridized carbons (Fsp3) is 0.227. The molecule has 1 aliphatic rings. The van der Waals surface area contributed by atoms with Crippen molar-refractivity contribution in [2.45, 2.75) is 10.6 Å². The van der Waals surface area contributed by atoms with Gasteiger partial charge in [-0.05, 0) is 42.5 Å². The molecule has 1 unspecified atom stereocenters. The molecule has 30 heavy (non-hydrogen) atoms. The van der Waals surface area contributed by atoms with Gasteiger partial charge < -0.3 is 14.2 Å². The Hall–Kier alpha value is -2.28. The van der Waals surface area contributed by atoms with Gasteiger partial charge in [-0.2, -0.15) is 0 Å². The lowest BCUT2D eigenvalue weighted by Crippen LogP contribution is -2.48. The summed E-state index contributed by atoms with van der Waals surface area (Å²) in [5, 5.41) is 1.15. The molecule has 4 rings (SSSR count). The van der Waals surface area contributed by atoms with Gasteiger partial charge in [0.05, 0.1) is 26.5 Å². The van der Waals surface area contributed by atoms with Gasteiger partial charge in [-0.15, -0.1) is 0 Å². The summed E-state index contributed by atoms with van der Waals surface area (Å²) >= 11 is 12.2. The average Bonchev–Trinajstić information content (AvgIpc) is 3.22. The van der Waals surface area contributed by atoms with Gasteiger partial charge in [0.15, 0.2) is 5.76 Å². The van der Waals surface area contributed by atoms with Gasteiger partial charge >= 0.3 is 0 Å². The highest BCUT2D eigenvalue weighted by Gasteiger charge is 2.25. The number of halogens is 2. The van der Waals surface area contributed by atoms with E-state index in [9.17, 15) is 9.00 Å². The molecule has 1 atom stereocenters. The summed E-state index contributed by atoms with van der Waals surface area (Å²) in [6, 6.07) is 18.1. The second-order valence-corrected chi connectivity index (χ2v) is 9.21. The first-order chi connectivity index (χ1) is 14.5. The van der Waals surface area contributed by atoms with Crippen LogP contribution in [0, 0.1) is 0 Å². The van der Waals surface area contributed by atoms with Gasteiger partial charge in [0.2, 0.25) is 0 Å². The number of carbonyl (C=O) groups is 1. The largest absolute Gasteiger partial charge is 0.455 e. The highest BCUT2D eigenvalue weighted by Crippen LogP contribution is 2.24. The van der Waals surface area contributed by atoms with Gasteiger partial charge in [-0.1, -0.05) is 41.4 Å². The summed E-state index contributed by atoms with van der Waals surface area (Å²) in [6.07, 6.45) is 0. The van der Waals surface area contributed by atoms with Crippen molar-refractivity contribution in [1.29, 1.82) is 0 Å². The molecule has 0 spiro atoms. The molecule has 156 valence electrons. The van der Waals surface area contributed by atoms with Gasteiger partial charge in [-0.3, -0.25) is 9.00 Å². The van der Waals surface area contributed by atoms with E-state index in [0.29, 0.717) is 33.8 Å². The Morgan fingerprint density at radius 2 is 1.73 bits per heavy atom. The number of piperazine rings is 1. The molecular formula is C22H20Cl2N2O3S. The lowest BCUT2D eigenvalue weighted by Gasteiger charge is -2.35. The molecule has 1 fully saturated rings. The monoisotopic (exact) mass is 462 g/mol. The first-order valence-electron chi connectivity index (χ1n) is 9.52. The Morgan fingerprint density at radius 1 is 0.967 bits per heavy atom. The molecule has 2 aromatic carbocycles. The maximum atomic E-state index is 12.8. The van der Waals surface area contributed by atoms with Crippen molar-refractivity contribution in [3.63, 3.8) is 0 Å². The van der Waals surface area contributed by atoms with Crippen molar-refractivity contribution >= 4 is 45.6 Å². The minimum absolute atomic E-state index is 0.157. The molecule has 1 aliphatic heterocycles. The van der Waals surface area contributed by atoms with Crippen molar-refractivity contribution in [2.75, 3.05) is 31.1 Å². The van der Waals surface area contributed by atoms with Crippen LogP contribution >= 0.6 is 23.2 Å². The van der Waals surface area contributed by atoms with Crippen molar-refractivity contribution in [3.05, 3.63) is 82.2 Å². The predicted molar refractivity (Wildman–Crippen MR) is 120 cm³/mol. The molecule has 5 nitrogen and oxygen atoms in total. The second-order valence-electron chi connectivity index (χ2n) is 6.95. The van der Waals surface area contributed by atoms with Crippen molar-refractivity contribution in [3.8, 4) is 0 Å². The third-order valence-corrected chi connectivity index (χ3v) is 7.04. The number of furan rings is 1. The van der Waals surface area contributed by atoms with Crippen LogP contribution in [0.4, 0.5) is 5.69 Å². The standard InChI is InChI=1S/C22H20Cl2N2O3S/c23-16-4-3-5-17(14-16)25-10-12-26(13-11-25)22(27)20-9-8-18(29-20)15-30(28)21-7-2-1-6-19(21)24/h1-9,14H,10-13,15H2. The predicted octanol–water partition coefficient (Wildman–Crippen LogP) is 4.86. The number of anilines is 1. The van der Waals surface area contributed by atoms with Crippen LogP contribution < -0.4 is 4.90 Å². The molecule has 2 heterocycles. The summed E-state index contributed by atoms with van der Waals surface area (Å²) in [5.41, 5.74) is 1.05. The van der Waals surface area contributed by atoms with E-state index in [4.69, 9.17) is 27.6 Å². The topological polar surface area (TPSA) is 53.8 Å². The van der Waals surface area contributed by atoms with Crippen LogP contribution in [-0.2, 0) is 16.6 Å². The molecule has 0 radical (unpaired) electrons. The van der Waals surface area contributed by atoms with Crippen LogP contribution in [0.5, 0.6) is 0 Å². The van der Waals surface area contributed by atoms with Crippen LogP contribution in [-0.4, -0.2) is 41.2 Å². The normalized spacial score (nSPS) is 15.3. The third-order valence-electron chi connectivity index (χ3n) is 4.97. The molecule has 0 saturated carbocycles. The van der Waals surface area contributed by atoms with E-state index in [1.54, 1.807) is 41.3 Å². The number of carbonyl (C=O) groups excluding carboxylic acids is 1. The summed E-state index contributed by atoms with van der Waals surface area (Å²) in [5.74, 6) is 0.765. The number of hydrogen-bond donors (Lipinski definition) is 0. The number of rotatable bonds is 5. The molecule has 0 aliphatic carbocycles. The molecule has 1 amide bonds. The molecule has 1 aromatic heterocycles. The minimum atomic E-state index is -1.35. The SMILES string of the molecule is O=C(c1ccc(CS(=O)c2ccccc2Cl)o1)N1CCN(c2cccc(Cl)c2)CC1. The summed E-state index contributed by atoms with van der Waals surface area (Å²) < 4.78 is 18.3. The van der Waals surface area contributed by atoms with E-state index in [1.807, 2.05) is 24.3 Å². The van der Waals surface area contributed by atoms with E-state index < -0.39 is 10.8 Å². The van der Waals surface area contributed by atoms with Gasteiger partial charge in [0.1, 0.15) is 5.76 Å². The molecule has 8 heteroatoms. The summed E-state index contributed by atoms with van der Waals surface area (Å²) in [4.78, 5) is 17.3. The zero-order valence-electron chi connectivity index (χ0n) is 16.1. The minimum Gasteiger partial charge on any atom is -0.455 e. The fourth-order valence-corrected chi connectivity index (χ4v) is 5.07. The van der Waals surface area contributed by atoms with Crippen LogP contribution in [0.2, 0.25) is 10.0 Å². The Bertz CT molecular complexity index is 1080. The molecule has 1 saturated heterocycles. The Kier molecular flexibility index (Phi) is 6.46. The maximum absolute atomic E-state index is 12.8. The van der Waals surface area contributed by atoms with Gasteiger partial charge in [-0.25, -0.2) is 0 Å². The van der Waals surface area contributed by atoms with E-state index >= 15 is 0 Å². The van der Waals surface area contributed by atoms with E-state index in [-0.39, 0.29) is 17.4 Å². The first-order valence-corrected chi connectivity index (χ1v) is 11.6. The zero-order valence-corrected chi connectivity index (χ0v) is 18.4. The van der Waals surface area contributed by atoms with Crippen LogP contribution in [0.3, 0.4) is 0 Å². The number of hydrogen-bond acceptors (Lipinski definition) is 4. The van der Waals surface area contributed by atoms with Crippen LogP contribution in [0.15, 0.2) is 70.0 Å². The Balaban J connectivity index is 1.36. The quantitative estimate of drug-likeness (QED) is 0.543. The number of benzene rings is 2. The maximum Gasteiger partial charge on any atom is 0.289 e. The lowest BCUT2D eigenvalue weighted by atomic mass is 10.2. The molecule has 0 bridgehead atoms. The molecular weight excluding hydrogens is 443 g/mol. The molecule has 0 N–H and O–H groups in total. The van der Waals surface area contributed by atoms with E-state index in [0.717, 1.165) is 18.8 Å². The fourth-order valence-electron chi connectivity index (χ4n) is 3.40. The van der Waals surface area contributed by atoms with E-state index in [1.165, 1.54) is 0 Å². The highest BCUT2D eigenvalue weighted by atomic mass is 35.5. The van der Waals surface area contributed by atoms with Crippen molar-refractivity contribution in [1.82, 2.24) is 4.90 Å². The number of amides is 1. The van der Waals surface area contributed by atoms with Gasteiger partial charge in [0, 0.05) is 36.9 Å². The summed E-state index contributed by atoms with van der Waals surface area (Å²) in [6.45, 7) is 2.62. The average molecular weight is 463 g/mol. The zero-order chi connectivity index (χ0) is 21.1. The van der Waals surface area contributed by atoms with E-state index in [2.05, 4.69) is 4.90 Å². The third kappa shape index (κ3) is 4.72. The van der Waals surface area contributed by atoms with Crippen LogP contribution in [0.1, 0.15) is 16.3 Å². The highest BCUT2D eigenvalue weighted by molar-refractivity contribution is 7.84. The Morgan fingerprint density at radius 3 is 2.47 bits per heavy atom. The van der Waals surface area contributed by atoms with Crippen LogP contribution in [0.25, 0.3) is 0 Å². The molecule has 3 aromatic rings. The summed E-state index contributed by atoms with van der Waals surface area (Å²) in [7, 11) is -1.35.